The lowest BCUT2D eigenvalue weighted by molar-refractivity contribution is 0.0681. The largest absolute Gasteiger partial charge is 0.339 e. The Morgan fingerprint density at radius 3 is 2.68 bits per heavy atom. The van der Waals surface area contributed by atoms with Crippen molar-refractivity contribution in [1.29, 1.82) is 0 Å². The van der Waals surface area contributed by atoms with Crippen molar-refractivity contribution in [3.8, 4) is 0 Å². The Morgan fingerprint density at radius 1 is 1.37 bits per heavy atom. The molecule has 0 unspecified atom stereocenters. The van der Waals surface area contributed by atoms with Crippen LogP contribution in [0.3, 0.4) is 0 Å². The van der Waals surface area contributed by atoms with E-state index >= 15 is 0 Å². The number of piperidine rings is 1. The summed E-state index contributed by atoms with van der Waals surface area (Å²) in [6.45, 7) is 5.41. The lowest BCUT2D eigenvalue weighted by Crippen LogP contribution is -2.38. The number of hydrogen-bond donors (Lipinski definition) is 0. The highest BCUT2D eigenvalue weighted by molar-refractivity contribution is 5.94. The van der Waals surface area contributed by atoms with Crippen LogP contribution in [0.1, 0.15) is 48.5 Å². The van der Waals surface area contributed by atoms with Gasteiger partial charge in [-0.2, -0.15) is 0 Å². The summed E-state index contributed by atoms with van der Waals surface area (Å²) in [6, 6.07) is 5.03. The third kappa shape index (κ3) is 3.14. The maximum atomic E-state index is 14.0. The third-order valence-corrected chi connectivity index (χ3v) is 4.02. The summed E-state index contributed by atoms with van der Waals surface area (Å²) >= 11 is 0. The van der Waals surface area contributed by atoms with Gasteiger partial charge in [0.2, 0.25) is 0 Å². The van der Waals surface area contributed by atoms with Gasteiger partial charge in [0.15, 0.2) is 0 Å². The SMILES string of the molecule is CCCC1CCN(C(=O)c2cccc(C)c2F)CC1. The Hall–Kier alpha value is -1.38. The average molecular weight is 263 g/mol. The molecular formula is C16H22FNO. The molecule has 1 heterocycles. The van der Waals surface area contributed by atoms with E-state index in [9.17, 15) is 9.18 Å². The standard InChI is InChI=1S/C16H22FNO/c1-3-5-13-8-10-18(11-9-13)16(19)14-7-4-6-12(2)15(14)17/h4,6-7,13H,3,5,8-11H2,1-2H3. The topological polar surface area (TPSA) is 20.3 Å². The lowest BCUT2D eigenvalue weighted by atomic mass is 9.92. The van der Waals surface area contributed by atoms with Gasteiger partial charge in [0.1, 0.15) is 5.82 Å². The minimum Gasteiger partial charge on any atom is -0.339 e. The van der Waals surface area contributed by atoms with Crippen molar-refractivity contribution in [2.75, 3.05) is 13.1 Å². The van der Waals surface area contributed by atoms with Crippen LogP contribution in [0, 0.1) is 18.7 Å². The van der Waals surface area contributed by atoms with E-state index in [2.05, 4.69) is 6.92 Å². The predicted molar refractivity (Wildman–Crippen MR) is 74.7 cm³/mol. The number of nitrogens with zero attached hydrogens (tertiary/aromatic N) is 1. The molecule has 1 fully saturated rings. The Bertz CT molecular complexity index is 450. The fraction of sp³-hybridized carbons (Fsp3) is 0.562. The number of aryl methyl sites for hydroxylation is 1. The van der Waals surface area contributed by atoms with E-state index in [4.69, 9.17) is 0 Å². The number of likely N-dealkylation sites (tertiary alicyclic amines) is 1. The van der Waals surface area contributed by atoms with Gasteiger partial charge in [-0.3, -0.25) is 4.79 Å². The van der Waals surface area contributed by atoms with Gasteiger partial charge in [-0.05, 0) is 37.3 Å². The Morgan fingerprint density at radius 2 is 2.05 bits per heavy atom. The van der Waals surface area contributed by atoms with E-state index in [0.29, 0.717) is 5.56 Å². The van der Waals surface area contributed by atoms with Gasteiger partial charge in [-0.1, -0.05) is 31.9 Å². The van der Waals surface area contributed by atoms with Crippen LogP contribution in [0.5, 0.6) is 0 Å². The van der Waals surface area contributed by atoms with E-state index in [1.165, 1.54) is 12.8 Å². The molecule has 19 heavy (non-hydrogen) atoms. The quantitative estimate of drug-likeness (QED) is 0.812. The number of hydrogen-bond acceptors (Lipinski definition) is 1. The summed E-state index contributed by atoms with van der Waals surface area (Å²) in [4.78, 5) is 14.1. The molecule has 2 rings (SSSR count). The molecule has 2 nitrogen and oxygen atoms in total. The predicted octanol–water partition coefficient (Wildman–Crippen LogP) is 3.79. The van der Waals surface area contributed by atoms with Gasteiger partial charge in [0.05, 0.1) is 5.56 Å². The van der Waals surface area contributed by atoms with E-state index in [1.54, 1.807) is 30.0 Å². The molecule has 0 saturated carbocycles. The zero-order chi connectivity index (χ0) is 13.8. The van der Waals surface area contributed by atoms with Gasteiger partial charge in [0, 0.05) is 13.1 Å². The van der Waals surface area contributed by atoms with Crippen molar-refractivity contribution in [2.24, 2.45) is 5.92 Å². The first-order valence-electron chi connectivity index (χ1n) is 7.18. The second-order valence-electron chi connectivity index (χ2n) is 5.46. The van der Waals surface area contributed by atoms with Crippen LogP contribution in [0.2, 0.25) is 0 Å². The van der Waals surface area contributed by atoms with Crippen molar-refractivity contribution < 1.29 is 9.18 Å². The van der Waals surface area contributed by atoms with Crippen molar-refractivity contribution in [3.63, 3.8) is 0 Å². The number of halogens is 1. The van der Waals surface area contributed by atoms with Crippen LogP contribution in [0.4, 0.5) is 4.39 Å². The molecule has 0 spiro atoms. The van der Waals surface area contributed by atoms with E-state index in [1.807, 2.05) is 0 Å². The van der Waals surface area contributed by atoms with Crippen LogP contribution in [0.25, 0.3) is 0 Å². The summed E-state index contributed by atoms with van der Waals surface area (Å²) in [5, 5.41) is 0. The Balaban J connectivity index is 2.03. The van der Waals surface area contributed by atoms with Gasteiger partial charge in [0.25, 0.3) is 5.91 Å². The normalized spacial score (nSPS) is 16.7. The molecule has 0 radical (unpaired) electrons. The first-order chi connectivity index (χ1) is 9.13. The molecule has 0 N–H and O–H groups in total. The third-order valence-electron chi connectivity index (χ3n) is 4.02. The zero-order valence-corrected chi connectivity index (χ0v) is 11.8. The van der Waals surface area contributed by atoms with Crippen molar-refractivity contribution in [3.05, 3.63) is 35.1 Å². The van der Waals surface area contributed by atoms with E-state index in [0.717, 1.165) is 31.8 Å². The minimum absolute atomic E-state index is 0.156. The minimum atomic E-state index is -0.372. The van der Waals surface area contributed by atoms with Crippen molar-refractivity contribution >= 4 is 5.91 Å². The Labute approximate surface area is 114 Å². The lowest BCUT2D eigenvalue weighted by Gasteiger charge is -2.32. The summed E-state index contributed by atoms with van der Waals surface area (Å²) < 4.78 is 14.0. The summed E-state index contributed by atoms with van der Waals surface area (Å²) in [5.41, 5.74) is 0.751. The summed E-state index contributed by atoms with van der Waals surface area (Å²) in [5.74, 6) is 0.204. The van der Waals surface area contributed by atoms with Gasteiger partial charge in [-0.25, -0.2) is 4.39 Å². The molecule has 1 aromatic rings. The van der Waals surface area contributed by atoms with Crippen LogP contribution in [0.15, 0.2) is 18.2 Å². The first-order valence-corrected chi connectivity index (χ1v) is 7.18. The molecule has 104 valence electrons. The fourth-order valence-corrected chi connectivity index (χ4v) is 2.82. The average Bonchev–Trinajstić information content (AvgIpc) is 2.42. The first kappa shape index (κ1) is 14.0. The molecule has 0 aliphatic carbocycles. The summed E-state index contributed by atoms with van der Waals surface area (Å²) in [6.07, 6.45) is 4.53. The maximum absolute atomic E-state index is 14.0. The highest BCUT2D eigenvalue weighted by Crippen LogP contribution is 2.23. The van der Waals surface area contributed by atoms with E-state index < -0.39 is 0 Å². The number of rotatable bonds is 3. The molecule has 1 aliphatic rings. The van der Waals surface area contributed by atoms with Crippen molar-refractivity contribution in [1.82, 2.24) is 4.90 Å². The second-order valence-corrected chi connectivity index (χ2v) is 5.46. The van der Waals surface area contributed by atoms with Crippen molar-refractivity contribution in [2.45, 2.75) is 39.5 Å². The fourth-order valence-electron chi connectivity index (χ4n) is 2.82. The van der Waals surface area contributed by atoms with Gasteiger partial charge >= 0.3 is 0 Å². The second kappa shape index (κ2) is 6.18. The molecule has 1 aromatic carbocycles. The highest BCUT2D eigenvalue weighted by atomic mass is 19.1. The molecular weight excluding hydrogens is 241 g/mol. The van der Waals surface area contributed by atoms with E-state index in [-0.39, 0.29) is 17.3 Å². The molecule has 1 saturated heterocycles. The van der Waals surface area contributed by atoms with Crippen LogP contribution in [-0.4, -0.2) is 23.9 Å². The highest BCUT2D eigenvalue weighted by Gasteiger charge is 2.25. The Kier molecular flexibility index (Phi) is 4.56. The number of carbonyl (C=O) groups is 1. The van der Waals surface area contributed by atoms with Crippen LogP contribution >= 0.6 is 0 Å². The zero-order valence-electron chi connectivity index (χ0n) is 11.8. The molecule has 0 aromatic heterocycles. The van der Waals surface area contributed by atoms with Gasteiger partial charge in [-0.15, -0.1) is 0 Å². The monoisotopic (exact) mass is 263 g/mol. The molecule has 0 atom stereocenters. The smallest absolute Gasteiger partial charge is 0.256 e. The molecule has 1 aliphatic heterocycles. The molecule has 1 amide bonds. The van der Waals surface area contributed by atoms with Crippen LogP contribution < -0.4 is 0 Å². The number of carbonyl (C=O) groups excluding carboxylic acids is 1. The summed E-state index contributed by atoms with van der Waals surface area (Å²) in [7, 11) is 0. The number of amides is 1. The van der Waals surface area contributed by atoms with Crippen LogP contribution in [-0.2, 0) is 0 Å². The number of benzene rings is 1. The maximum Gasteiger partial charge on any atom is 0.256 e. The van der Waals surface area contributed by atoms with Gasteiger partial charge < -0.3 is 4.90 Å². The molecule has 0 bridgehead atoms. The molecule has 3 heteroatoms.